The number of hydrogen-bond acceptors (Lipinski definition) is 7. The zero-order valence-electron chi connectivity index (χ0n) is 18.4. The van der Waals surface area contributed by atoms with E-state index in [1.165, 1.54) is 4.88 Å². The van der Waals surface area contributed by atoms with E-state index < -0.39 is 0 Å². The summed E-state index contributed by atoms with van der Waals surface area (Å²) in [6, 6.07) is 8.46. The van der Waals surface area contributed by atoms with Crippen LogP contribution in [0, 0.1) is 6.92 Å². The lowest BCUT2D eigenvalue weighted by Crippen LogP contribution is -2.16. The van der Waals surface area contributed by atoms with E-state index in [0.717, 1.165) is 76.3 Å². The average molecular weight is 446 g/mol. The molecule has 6 nitrogen and oxygen atoms in total. The Labute approximate surface area is 191 Å². The van der Waals surface area contributed by atoms with Gasteiger partial charge in [0, 0.05) is 54.2 Å². The second-order valence-corrected chi connectivity index (χ2v) is 9.29. The molecule has 1 aromatic carbocycles. The first-order chi connectivity index (χ1) is 15.7. The van der Waals surface area contributed by atoms with Gasteiger partial charge in [-0.3, -0.25) is 4.98 Å². The van der Waals surface area contributed by atoms with Gasteiger partial charge in [0.2, 0.25) is 0 Å². The highest BCUT2D eigenvalue weighted by Gasteiger charge is 2.24. The number of nitrogens with zero attached hydrogens (tertiary/aromatic N) is 3. The summed E-state index contributed by atoms with van der Waals surface area (Å²) >= 11 is 1.79. The number of benzene rings is 1. The first-order valence-electron chi connectivity index (χ1n) is 11.0. The highest BCUT2D eigenvalue weighted by molar-refractivity contribution is 7.15. The molecule has 0 radical (unpaired) electrons. The van der Waals surface area contributed by atoms with Gasteiger partial charge in [-0.1, -0.05) is 12.1 Å². The number of anilines is 1. The van der Waals surface area contributed by atoms with Crippen LogP contribution in [-0.4, -0.2) is 35.2 Å². The Hall–Kier alpha value is -2.87. The predicted octanol–water partition coefficient (Wildman–Crippen LogP) is 4.92. The van der Waals surface area contributed by atoms with Crippen molar-refractivity contribution in [1.82, 2.24) is 20.3 Å². The number of fused-ring (bicyclic) bond motifs is 1. The Morgan fingerprint density at radius 3 is 2.75 bits per heavy atom. The van der Waals surface area contributed by atoms with Gasteiger partial charge in [0.05, 0.1) is 5.69 Å². The molecule has 0 bridgehead atoms. The van der Waals surface area contributed by atoms with E-state index in [1.807, 2.05) is 31.7 Å². The largest absolute Gasteiger partial charge is 0.383 e. The minimum Gasteiger partial charge on any atom is -0.383 e. The monoisotopic (exact) mass is 445 g/mol. The lowest BCUT2D eigenvalue weighted by Gasteiger charge is -2.21. The van der Waals surface area contributed by atoms with Gasteiger partial charge in [0.25, 0.3) is 0 Å². The predicted molar refractivity (Wildman–Crippen MR) is 131 cm³/mol. The summed E-state index contributed by atoms with van der Waals surface area (Å²) in [5.74, 6) is 1.04. The fourth-order valence-corrected chi connectivity index (χ4v) is 5.73. The second-order valence-electron chi connectivity index (χ2n) is 8.26. The first kappa shape index (κ1) is 21.0. The van der Waals surface area contributed by atoms with Crippen molar-refractivity contribution in [2.24, 2.45) is 0 Å². The molecule has 1 aliphatic rings. The quantitative estimate of drug-likeness (QED) is 0.453. The molecule has 5 rings (SSSR count). The Morgan fingerprint density at radius 1 is 1.12 bits per heavy atom. The number of rotatable bonds is 5. The lowest BCUT2D eigenvalue weighted by atomic mass is 9.97. The van der Waals surface area contributed by atoms with Crippen LogP contribution in [0.4, 0.5) is 5.82 Å². The number of hydrogen-bond donors (Lipinski definition) is 2. The van der Waals surface area contributed by atoms with Gasteiger partial charge in [0.1, 0.15) is 10.8 Å². The molecule has 3 aromatic heterocycles. The van der Waals surface area contributed by atoms with Crippen molar-refractivity contribution in [3.63, 3.8) is 0 Å². The number of pyridine rings is 2. The summed E-state index contributed by atoms with van der Waals surface area (Å²) in [5, 5.41) is 6.31. The number of thiazole rings is 1. The molecular weight excluding hydrogens is 418 g/mol. The smallest absolute Gasteiger partial charge is 0.131 e. The Morgan fingerprint density at radius 2 is 1.97 bits per heavy atom. The van der Waals surface area contributed by atoms with Crippen LogP contribution in [0.15, 0.2) is 42.9 Å². The summed E-state index contributed by atoms with van der Waals surface area (Å²) in [5.41, 5.74) is 11.9. The molecule has 0 amide bonds. The molecule has 0 spiro atoms. The van der Waals surface area contributed by atoms with E-state index in [0.29, 0.717) is 11.7 Å². The van der Waals surface area contributed by atoms with E-state index >= 15 is 0 Å². The van der Waals surface area contributed by atoms with Crippen LogP contribution in [0.25, 0.3) is 32.5 Å². The molecule has 7 heteroatoms. The molecular formula is C25H27N5OS. The minimum absolute atomic E-state index is 0.507. The number of aromatic nitrogens is 3. The molecule has 1 aliphatic heterocycles. The van der Waals surface area contributed by atoms with Crippen molar-refractivity contribution in [2.75, 3.05) is 26.0 Å². The van der Waals surface area contributed by atoms with E-state index in [4.69, 9.17) is 15.5 Å². The van der Waals surface area contributed by atoms with E-state index in [1.54, 1.807) is 11.3 Å². The van der Waals surface area contributed by atoms with Gasteiger partial charge in [0.15, 0.2) is 0 Å². The van der Waals surface area contributed by atoms with Crippen molar-refractivity contribution in [2.45, 2.75) is 32.2 Å². The summed E-state index contributed by atoms with van der Waals surface area (Å²) in [4.78, 5) is 15.2. The highest BCUT2D eigenvalue weighted by Crippen LogP contribution is 2.40. The fraction of sp³-hybridized carbons (Fsp3) is 0.320. The lowest BCUT2D eigenvalue weighted by molar-refractivity contribution is 0.0858. The molecule has 1 saturated heterocycles. The number of nitrogen functional groups attached to an aromatic ring is 1. The zero-order chi connectivity index (χ0) is 22.1. The SMILES string of the molecule is CNCc1nc(-c2cnc(N)c3cc(-c4ccncc4C)ccc23)sc1C1CCOCC1. The van der Waals surface area contributed by atoms with Crippen molar-refractivity contribution in [1.29, 1.82) is 0 Å². The van der Waals surface area contributed by atoms with Crippen molar-refractivity contribution in [3.8, 4) is 21.7 Å². The highest BCUT2D eigenvalue weighted by atomic mass is 32.1. The van der Waals surface area contributed by atoms with Crippen LogP contribution in [0.2, 0.25) is 0 Å². The molecule has 0 aliphatic carbocycles. The molecule has 4 heterocycles. The van der Waals surface area contributed by atoms with Crippen LogP contribution < -0.4 is 11.1 Å². The molecule has 3 N–H and O–H groups in total. The second kappa shape index (κ2) is 8.94. The molecule has 32 heavy (non-hydrogen) atoms. The van der Waals surface area contributed by atoms with E-state index in [9.17, 15) is 0 Å². The number of nitrogens with two attached hydrogens (primary N) is 1. The number of ether oxygens (including phenoxy) is 1. The van der Waals surface area contributed by atoms with E-state index in [2.05, 4.69) is 40.4 Å². The molecule has 1 fully saturated rings. The molecule has 0 unspecified atom stereocenters. The maximum absolute atomic E-state index is 6.32. The first-order valence-corrected chi connectivity index (χ1v) is 11.8. The van der Waals surface area contributed by atoms with E-state index in [-0.39, 0.29) is 0 Å². The van der Waals surface area contributed by atoms with Crippen LogP contribution in [0.5, 0.6) is 0 Å². The maximum Gasteiger partial charge on any atom is 0.131 e. The van der Waals surface area contributed by atoms with Gasteiger partial charge in [-0.15, -0.1) is 11.3 Å². The summed E-state index contributed by atoms with van der Waals surface area (Å²) in [6.07, 6.45) is 7.67. The van der Waals surface area contributed by atoms with Gasteiger partial charge >= 0.3 is 0 Å². The van der Waals surface area contributed by atoms with Gasteiger partial charge in [-0.05, 0) is 66.9 Å². The fourth-order valence-electron chi connectivity index (χ4n) is 4.45. The standard InChI is InChI=1S/C25H27N5OS/c1-15-12-28-8-5-18(15)17-3-4-19-20(11-17)24(26)29-13-21(19)25-30-22(14-27-2)23(32-25)16-6-9-31-10-7-16/h3-5,8,11-13,16,27H,6-7,9-10,14H2,1-2H3,(H2,26,29). The van der Waals surface area contributed by atoms with Crippen molar-refractivity contribution < 1.29 is 4.74 Å². The van der Waals surface area contributed by atoms with Crippen molar-refractivity contribution >= 4 is 27.9 Å². The summed E-state index contributed by atoms with van der Waals surface area (Å²) < 4.78 is 5.58. The molecule has 0 atom stereocenters. The van der Waals surface area contributed by atoms with Gasteiger partial charge < -0.3 is 15.8 Å². The Bertz CT molecular complexity index is 1260. The molecule has 164 valence electrons. The molecule has 0 saturated carbocycles. The van der Waals surface area contributed by atoms with Crippen molar-refractivity contribution in [3.05, 3.63) is 59.0 Å². The molecule has 4 aromatic rings. The Kier molecular flexibility index (Phi) is 5.87. The third kappa shape index (κ3) is 3.88. The summed E-state index contributed by atoms with van der Waals surface area (Å²) in [7, 11) is 1.97. The third-order valence-electron chi connectivity index (χ3n) is 6.14. The number of aryl methyl sites for hydroxylation is 1. The normalized spacial score (nSPS) is 14.8. The zero-order valence-corrected chi connectivity index (χ0v) is 19.2. The average Bonchev–Trinajstić information content (AvgIpc) is 3.24. The Balaban J connectivity index is 1.61. The van der Waals surface area contributed by atoms with Gasteiger partial charge in [-0.2, -0.15) is 0 Å². The van der Waals surface area contributed by atoms with Crippen LogP contribution in [-0.2, 0) is 11.3 Å². The topological polar surface area (TPSA) is 86.0 Å². The van der Waals surface area contributed by atoms with Crippen LogP contribution in [0.1, 0.15) is 34.9 Å². The minimum atomic E-state index is 0.507. The maximum atomic E-state index is 6.32. The summed E-state index contributed by atoms with van der Waals surface area (Å²) in [6.45, 7) is 4.47. The van der Waals surface area contributed by atoms with Crippen LogP contribution in [0.3, 0.4) is 0 Å². The van der Waals surface area contributed by atoms with Gasteiger partial charge in [-0.25, -0.2) is 9.97 Å². The van der Waals surface area contributed by atoms with Crippen LogP contribution >= 0.6 is 11.3 Å². The third-order valence-corrected chi connectivity index (χ3v) is 7.44. The number of nitrogens with one attached hydrogen (secondary N) is 1.